The first-order valence-corrected chi connectivity index (χ1v) is 9.33. The van der Waals surface area contributed by atoms with Crippen molar-refractivity contribution < 1.29 is 4.79 Å². The van der Waals surface area contributed by atoms with Gasteiger partial charge in [-0.1, -0.05) is 24.3 Å². The maximum Gasteiger partial charge on any atom is 0.230 e. The van der Waals surface area contributed by atoms with Gasteiger partial charge in [0.25, 0.3) is 0 Å². The second-order valence-corrected chi connectivity index (χ2v) is 7.87. The number of hydrogen-bond acceptors (Lipinski definition) is 4. The lowest BCUT2D eigenvalue weighted by Crippen LogP contribution is -2.25. The minimum absolute atomic E-state index is 0.0468. The molecule has 2 aromatic heterocycles. The van der Waals surface area contributed by atoms with Crippen molar-refractivity contribution >= 4 is 48.5 Å². The number of hydrogen-bond donors (Lipinski definition) is 1. The van der Waals surface area contributed by atoms with Crippen molar-refractivity contribution in [1.82, 2.24) is 14.8 Å². The number of thiazole rings is 1. The molecule has 5 nitrogen and oxygen atoms in total. The van der Waals surface area contributed by atoms with Crippen LogP contribution in [0.3, 0.4) is 0 Å². The first-order chi connectivity index (χ1) is 11.3. The molecule has 3 aromatic rings. The van der Waals surface area contributed by atoms with Crippen LogP contribution in [0.2, 0.25) is 0 Å². The Morgan fingerprint density at radius 1 is 1.38 bits per heavy atom. The molecule has 0 aliphatic rings. The number of nitrogens with zero attached hydrogens (tertiary/aromatic N) is 3. The second-order valence-electron chi connectivity index (χ2n) is 6.05. The first-order valence-electron chi connectivity index (χ1n) is 7.72. The van der Waals surface area contributed by atoms with Gasteiger partial charge in [-0.15, -0.1) is 0 Å². The van der Waals surface area contributed by atoms with E-state index >= 15 is 0 Å². The molecule has 1 atom stereocenters. The topological polar surface area (TPSA) is 59.8 Å². The van der Waals surface area contributed by atoms with Crippen LogP contribution in [0.5, 0.6) is 0 Å². The Hall–Kier alpha value is -1.73. The summed E-state index contributed by atoms with van der Waals surface area (Å²) in [7, 11) is 0. The maximum absolute atomic E-state index is 12.5. The fourth-order valence-electron chi connectivity index (χ4n) is 2.51. The molecule has 0 fully saturated rings. The quantitative estimate of drug-likeness (QED) is 0.695. The van der Waals surface area contributed by atoms with E-state index in [2.05, 4.69) is 37.4 Å². The Morgan fingerprint density at radius 2 is 2.12 bits per heavy atom. The van der Waals surface area contributed by atoms with Gasteiger partial charge in [-0.05, 0) is 54.4 Å². The highest BCUT2D eigenvalue weighted by molar-refractivity contribution is 9.10. The van der Waals surface area contributed by atoms with Crippen LogP contribution in [-0.2, 0) is 11.3 Å². The number of amides is 1. The summed E-state index contributed by atoms with van der Waals surface area (Å²) in [5.74, 6) is -0.252. The lowest BCUT2D eigenvalue weighted by molar-refractivity contribution is -0.119. The van der Waals surface area contributed by atoms with E-state index in [1.807, 2.05) is 44.5 Å². The molecule has 1 unspecified atom stereocenters. The zero-order chi connectivity index (χ0) is 17.4. The number of fused-ring (bicyclic) bond motifs is 1. The molecule has 7 heteroatoms. The molecule has 1 amide bonds. The van der Waals surface area contributed by atoms with Crippen LogP contribution in [0.25, 0.3) is 10.2 Å². The summed E-state index contributed by atoms with van der Waals surface area (Å²) < 4.78 is 3.95. The summed E-state index contributed by atoms with van der Waals surface area (Å²) >= 11 is 5.01. The number of aryl methyl sites for hydroxylation is 2. The summed E-state index contributed by atoms with van der Waals surface area (Å²) in [6, 6.07) is 6.09. The maximum atomic E-state index is 12.5. The second kappa shape index (κ2) is 6.64. The highest BCUT2D eigenvalue weighted by Crippen LogP contribution is 2.27. The van der Waals surface area contributed by atoms with Crippen molar-refractivity contribution in [2.45, 2.75) is 34.2 Å². The van der Waals surface area contributed by atoms with E-state index in [1.54, 1.807) is 0 Å². The molecule has 0 saturated heterocycles. The molecule has 2 heterocycles. The molecule has 3 rings (SSSR count). The van der Waals surface area contributed by atoms with Crippen molar-refractivity contribution in [1.29, 1.82) is 0 Å². The van der Waals surface area contributed by atoms with Crippen LogP contribution >= 0.6 is 27.3 Å². The average Bonchev–Trinajstić information content (AvgIpc) is 3.03. The van der Waals surface area contributed by atoms with E-state index in [0.29, 0.717) is 11.7 Å². The van der Waals surface area contributed by atoms with E-state index in [4.69, 9.17) is 0 Å². The number of rotatable bonds is 4. The number of carbonyl (C=O) groups is 1. The third kappa shape index (κ3) is 3.37. The van der Waals surface area contributed by atoms with E-state index in [1.165, 1.54) is 16.9 Å². The molecule has 0 spiro atoms. The van der Waals surface area contributed by atoms with Gasteiger partial charge in [-0.25, -0.2) is 4.98 Å². The Labute approximate surface area is 153 Å². The number of aromatic nitrogens is 3. The van der Waals surface area contributed by atoms with Crippen molar-refractivity contribution in [3.8, 4) is 0 Å². The van der Waals surface area contributed by atoms with Gasteiger partial charge in [-0.2, -0.15) is 5.10 Å². The summed E-state index contributed by atoms with van der Waals surface area (Å²) in [4.78, 5) is 16.9. The number of benzene rings is 1. The van der Waals surface area contributed by atoms with Crippen molar-refractivity contribution in [2.24, 2.45) is 5.92 Å². The normalized spacial score (nSPS) is 12.5. The molecule has 24 heavy (non-hydrogen) atoms. The number of nitrogens with one attached hydrogen (secondary N) is 1. The highest BCUT2D eigenvalue weighted by Gasteiger charge is 2.18. The summed E-state index contributed by atoms with van der Waals surface area (Å²) in [5.41, 5.74) is 4.06. The Bertz CT molecular complexity index is 915. The van der Waals surface area contributed by atoms with Crippen molar-refractivity contribution in [3.63, 3.8) is 0 Å². The Balaban J connectivity index is 1.72. The fourth-order valence-corrected chi connectivity index (χ4v) is 3.76. The predicted octanol–water partition coefficient (Wildman–Crippen LogP) is 4.46. The predicted molar refractivity (Wildman–Crippen MR) is 102 cm³/mol. The first kappa shape index (κ1) is 17.1. The van der Waals surface area contributed by atoms with Crippen LogP contribution in [0.1, 0.15) is 23.9 Å². The Kier molecular flexibility index (Phi) is 4.73. The largest absolute Gasteiger partial charge is 0.302 e. The highest BCUT2D eigenvalue weighted by atomic mass is 79.9. The summed E-state index contributed by atoms with van der Waals surface area (Å²) in [6.45, 7) is 8.42. The molecule has 1 N–H and O–H groups in total. The molecular formula is C17H19BrN4OS. The van der Waals surface area contributed by atoms with Crippen LogP contribution < -0.4 is 5.32 Å². The standard InChI is InChI=1S/C17H19BrN4OS/c1-9-5-6-13-14(7-9)24-17(19-13)20-16(23)10(2)8-22-12(4)15(18)11(3)21-22/h5-7,10H,8H2,1-4H3,(H,19,20,23). The van der Waals surface area contributed by atoms with Gasteiger partial charge in [0.05, 0.1) is 32.8 Å². The van der Waals surface area contributed by atoms with Gasteiger partial charge < -0.3 is 5.32 Å². The molecule has 1 aromatic carbocycles. The zero-order valence-electron chi connectivity index (χ0n) is 14.1. The molecule has 126 valence electrons. The molecule has 0 aliphatic carbocycles. The van der Waals surface area contributed by atoms with Crippen molar-refractivity contribution in [3.05, 3.63) is 39.6 Å². The van der Waals surface area contributed by atoms with Gasteiger partial charge >= 0.3 is 0 Å². The number of halogens is 1. The molecule has 0 radical (unpaired) electrons. The van der Waals surface area contributed by atoms with Gasteiger partial charge in [0, 0.05) is 5.69 Å². The average molecular weight is 407 g/mol. The third-order valence-electron chi connectivity index (χ3n) is 3.96. The van der Waals surface area contributed by atoms with E-state index < -0.39 is 0 Å². The zero-order valence-corrected chi connectivity index (χ0v) is 16.5. The van der Waals surface area contributed by atoms with Gasteiger partial charge in [0.2, 0.25) is 5.91 Å². The molecule has 0 aliphatic heterocycles. The number of anilines is 1. The lowest BCUT2D eigenvalue weighted by atomic mass is 10.1. The van der Waals surface area contributed by atoms with Gasteiger partial charge in [0.15, 0.2) is 5.13 Å². The van der Waals surface area contributed by atoms with E-state index in [0.717, 1.165) is 26.1 Å². The lowest BCUT2D eigenvalue weighted by Gasteiger charge is -2.12. The SMILES string of the molecule is Cc1ccc2nc(NC(=O)C(C)Cn3nc(C)c(Br)c3C)sc2c1. The van der Waals surface area contributed by atoms with Crippen LogP contribution in [0.15, 0.2) is 22.7 Å². The third-order valence-corrected chi connectivity index (χ3v) is 6.04. The van der Waals surface area contributed by atoms with E-state index in [-0.39, 0.29) is 11.8 Å². The molecule has 0 bridgehead atoms. The minimum Gasteiger partial charge on any atom is -0.302 e. The van der Waals surface area contributed by atoms with Crippen LogP contribution in [0, 0.1) is 26.7 Å². The van der Waals surface area contributed by atoms with Crippen LogP contribution in [-0.4, -0.2) is 20.7 Å². The Morgan fingerprint density at radius 3 is 2.79 bits per heavy atom. The molecular weight excluding hydrogens is 388 g/mol. The molecule has 0 saturated carbocycles. The summed E-state index contributed by atoms with van der Waals surface area (Å²) in [6.07, 6.45) is 0. The fraction of sp³-hybridized carbons (Fsp3) is 0.353. The van der Waals surface area contributed by atoms with Gasteiger partial charge in [-0.3, -0.25) is 9.48 Å². The minimum atomic E-state index is -0.205. The van der Waals surface area contributed by atoms with Gasteiger partial charge in [0.1, 0.15) is 0 Å². The summed E-state index contributed by atoms with van der Waals surface area (Å²) in [5, 5.41) is 8.03. The van der Waals surface area contributed by atoms with Crippen LogP contribution in [0.4, 0.5) is 5.13 Å². The number of carbonyl (C=O) groups excluding carboxylic acids is 1. The van der Waals surface area contributed by atoms with Crippen molar-refractivity contribution in [2.75, 3.05) is 5.32 Å². The van der Waals surface area contributed by atoms with E-state index in [9.17, 15) is 4.79 Å². The monoisotopic (exact) mass is 406 g/mol. The smallest absolute Gasteiger partial charge is 0.230 e.